The maximum atomic E-state index is 14.1. The molecule has 1 aliphatic heterocycles. The molecule has 1 unspecified atom stereocenters. The zero-order chi connectivity index (χ0) is 32.7. The summed E-state index contributed by atoms with van der Waals surface area (Å²) in [6.07, 6.45) is -5.69. The molecule has 1 fully saturated rings. The van der Waals surface area contributed by atoms with E-state index in [2.05, 4.69) is 0 Å². The molecule has 1 atom stereocenters. The van der Waals surface area contributed by atoms with Crippen molar-refractivity contribution in [2.75, 3.05) is 6.54 Å². The highest BCUT2D eigenvalue weighted by atomic mass is 32.2. The van der Waals surface area contributed by atoms with E-state index in [0.717, 1.165) is 10.4 Å². The van der Waals surface area contributed by atoms with Gasteiger partial charge in [-0.3, -0.25) is 0 Å². The molecule has 0 saturated carbocycles. The molecule has 0 aliphatic carbocycles. The first-order valence-corrected chi connectivity index (χ1v) is 18.0. The number of carboxylic acids is 1. The minimum absolute atomic E-state index is 0.0991. The molecule has 0 radical (unpaired) electrons. The summed E-state index contributed by atoms with van der Waals surface area (Å²) in [6, 6.07) is 13.2. The molecule has 0 aromatic heterocycles. The van der Waals surface area contributed by atoms with E-state index < -0.39 is 68.0 Å². The Kier molecular flexibility index (Phi) is 9.10. The number of halogens is 3. The highest BCUT2D eigenvalue weighted by Gasteiger charge is 2.50. The van der Waals surface area contributed by atoms with E-state index in [1.807, 2.05) is 0 Å². The van der Waals surface area contributed by atoms with Gasteiger partial charge in [0.25, 0.3) is 0 Å². The minimum atomic E-state index is -5.14. The zero-order valence-electron chi connectivity index (χ0n) is 23.7. The van der Waals surface area contributed by atoms with Crippen LogP contribution in [0.3, 0.4) is 0 Å². The van der Waals surface area contributed by atoms with Crippen molar-refractivity contribution in [3.05, 3.63) is 83.9 Å². The molecule has 44 heavy (non-hydrogen) atoms. The fourth-order valence-corrected chi connectivity index (χ4v) is 11.1. The number of benzene rings is 3. The third kappa shape index (κ3) is 6.02. The standard InChI is InChI=1S/C29H30F3NO8S3/c1-3-28(4-2)19-24(15-16-33(28)44(40,41)23-12-8-9-20(17-23)27(34)35)43(38,39)26-18-22(13-14-25(26)29(30,31)32)42(36,37)21-10-6-5-7-11-21/h5-14,17-18,24H,3-4,15-16,19H2,1-2H3,(H,34,35). The summed E-state index contributed by atoms with van der Waals surface area (Å²) in [7, 11) is -13.6. The summed E-state index contributed by atoms with van der Waals surface area (Å²) in [5.41, 5.74) is -3.14. The Balaban J connectivity index is 1.81. The number of rotatable bonds is 9. The molecule has 0 amide bonds. The van der Waals surface area contributed by atoms with Gasteiger partial charge in [0.1, 0.15) is 0 Å². The second-order valence-electron chi connectivity index (χ2n) is 10.5. The zero-order valence-corrected chi connectivity index (χ0v) is 26.1. The molecule has 0 spiro atoms. The van der Waals surface area contributed by atoms with Gasteiger partial charge in [-0.15, -0.1) is 0 Å². The van der Waals surface area contributed by atoms with Gasteiger partial charge in [-0.25, -0.2) is 30.0 Å². The van der Waals surface area contributed by atoms with Crippen LogP contribution in [0.25, 0.3) is 0 Å². The summed E-state index contributed by atoms with van der Waals surface area (Å²) in [5, 5.41) is 7.86. The number of alkyl halides is 3. The number of piperidine rings is 1. The molecule has 1 N–H and O–H groups in total. The Morgan fingerprint density at radius 1 is 0.864 bits per heavy atom. The quantitative estimate of drug-likeness (QED) is 0.317. The molecule has 4 rings (SSSR count). The van der Waals surface area contributed by atoms with E-state index in [4.69, 9.17) is 0 Å². The molecule has 3 aromatic carbocycles. The third-order valence-electron chi connectivity index (χ3n) is 8.14. The summed E-state index contributed by atoms with van der Waals surface area (Å²) in [5.74, 6) is -1.35. The predicted octanol–water partition coefficient (Wildman–Crippen LogP) is 5.42. The number of hydrogen-bond donors (Lipinski definition) is 1. The molecule has 1 aliphatic rings. The van der Waals surface area contributed by atoms with Crippen molar-refractivity contribution >= 4 is 35.7 Å². The molecule has 3 aromatic rings. The van der Waals surface area contributed by atoms with Crippen LogP contribution >= 0.6 is 0 Å². The SMILES string of the molecule is CCC1(CC)CC(S(=O)(=O)c2cc(S(=O)(=O)c3ccccc3)ccc2C(F)(F)F)CCN1S(=O)(=O)c1cccc(C(=O)O)c1. The average molecular weight is 674 g/mol. The van der Waals surface area contributed by atoms with Crippen LogP contribution in [0.5, 0.6) is 0 Å². The number of carbonyl (C=O) groups is 1. The number of nitrogens with zero attached hydrogens (tertiary/aromatic N) is 1. The van der Waals surface area contributed by atoms with E-state index in [1.165, 1.54) is 42.5 Å². The van der Waals surface area contributed by atoms with Gasteiger partial charge in [0.2, 0.25) is 19.9 Å². The van der Waals surface area contributed by atoms with Crippen molar-refractivity contribution in [1.29, 1.82) is 0 Å². The van der Waals surface area contributed by atoms with Gasteiger partial charge in [-0.2, -0.15) is 17.5 Å². The second kappa shape index (κ2) is 11.9. The van der Waals surface area contributed by atoms with Gasteiger partial charge in [0.15, 0.2) is 9.84 Å². The van der Waals surface area contributed by atoms with Crippen molar-refractivity contribution in [1.82, 2.24) is 4.31 Å². The van der Waals surface area contributed by atoms with Gasteiger partial charge < -0.3 is 5.11 Å². The first kappa shape index (κ1) is 33.6. The minimum Gasteiger partial charge on any atom is -0.478 e. The lowest BCUT2D eigenvalue weighted by Crippen LogP contribution is -2.58. The van der Waals surface area contributed by atoms with Crippen LogP contribution in [0.2, 0.25) is 0 Å². The van der Waals surface area contributed by atoms with Crippen LogP contribution < -0.4 is 0 Å². The Bertz CT molecular complexity index is 1890. The maximum Gasteiger partial charge on any atom is 0.417 e. The summed E-state index contributed by atoms with van der Waals surface area (Å²) >= 11 is 0. The van der Waals surface area contributed by atoms with E-state index in [9.17, 15) is 48.3 Å². The Labute approximate surface area is 254 Å². The first-order valence-electron chi connectivity index (χ1n) is 13.5. The Hall–Kier alpha value is -3.27. The van der Waals surface area contributed by atoms with E-state index in [1.54, 1.807) is 19.9 Å². The van der Waals surface area contributed by atoms with Crippen LogP contribution in [0.15, 0.2) is 92.4 Å². The van der Waals surface area contributed by atoms with Gasteiger partial charge in [-0.05, 0) is 74.2 Å². The molecule has 9 nitrogen and oxygen atoms in total. The number of sulfonamides is 1. The van der Waals surface area contributed by atoms with Crippen LogP contribution in [-0.4, -0.2) is 58.0 Å². The monoisotopic (exact) mass is 673 g/mol. The molecular weight excluding hydrogens is 644 g/mol. The first-order chi connectivity index (χ1) is 20.4. The average Bonchev–Trinajstić information content (AvgIpc) is 3.00. The summed E-state index contributed by atoms with van der Waals surface area (Å²) in [6.45, 7) is 2.88. The van der Waals surface area contributed by atoms with Gasteiger partial charge in [0, 0.05) is 12.1 Å². The van der Waals surface area contributed by atoms with Crippen LogP contribution in [-0.2, 0) is 35.9 Å². The topological polar surface area (TPSA) is 143 Å². The predicted molar refractivity (Wildman–Crippen MR) is 154 cm³/mol. The highest BCUT2D eigenvalue weighted by molar-refractivity contribution is 7.92. The van der Waals surface area contributed by atoms with E-state index in [0.29, 0.717) is 18.2 Å². The van der Waals surface area contributed by atoms with Crippen LogP contribution in [0.1, 0.15) is 55.5 Å². The fraction of sp³-hybridized carbons (Fsp3) is 0.345. The lowest BCUT2D eigenvalue weighted by atomic mass is 9.84. The van der Waals surface area contributed by atoms with Crippen molar-refractivity contribution in [2.24, 2.45) is 0 Å². The molecule has 1 saturated heterocycles. The van der Waals surface area contributed by atoms with Gasteiger partial charge in [0.05, 0.1) is 36.0 Å². The summed E-state index contributed by atoms with van der Waals surface area (Å²) in [4.78, 5) is 9.08. The fourth-order valence-electron chi connectivity index (χ4n) is 5.63. The van der Waals surface area contributed by atoms with Crippen molar-refractivity contribution in [3.63, 3.8) is 0 Å². The largest absolute Gasteiger partial charge is 0.478 e. The highest BCUT2D eigenvalue weighted by Crippen LogP contribution is 2.44. The molecule has 1 heterocycles. The lowest BCUT2D eigenvalue weighted by Gasteiger charge is -2.48. The number of carboxylic acid groups (broad SMARTS) is 1. The normalized spacial score (nSPS) is 18.2. The molecule has 0 bridgehead atoms. The van der Waals surface area contributed by atoms with Crippen LogP contribution in [0, 0.1) is 0 Å². The Morgan fingerprint density at radius 2 is 1.48 bits per heavy atom. The van der Waals surface area contributed by atoms with E-state index >= 15 is 0 Å². The number of aromatic carboxylic acids is 1. The number of hydrogen-bond acceptors (Lipinski definition) is 7. The van der Waals surface area contributed by atoms with Gasteiger partial charge >= 0.3 is 12.1 Å². The molecule has 15 heteroatoms. The lowest BCUT2D eigenvalue weighted by molar-refractivity contribution is -0.139. The molecular formula is C29H30F3NO8S3. The van der Waals surface area contributed by atoms with E-state index in [-0.39, 0.29) is 47.6 Å². The summed E-state index contributed by atoms with van der Waals surface area (Å²) < 4.78 is 125. The van der Waals surface area contributed by atoms with Gasteiger partial charge in [-0.1, -0.05) is 38.1 Å². The second-order valence-corrected chi connectivity index (χ2v) is 16.5. The van der Waals surface area contributed by atoms with Crippen molar-refractivity contribution in [3.8, 4) is 0 Å². The molecule has 238 valence electrons. The van der Waals surface area contributed by atoms with Crippen LogP contribution in [0.4, 0.5) is 13.2 Å². The smallest absolute Gasteiger partial charge is 0.417 e. The third-order valence-corrected chi connectivity index (χ3v) is 14.1. The maximum absolute atomic E-state index is 14.1. The van der Waals surface area contributed by atoms with Crippen molar-refractivity contribution in [2.45, 2.75) is 76.1 Å². The Morgan fingerprint density at radius 3 is 2.05 bits per heavy atom. The van der Waals surface area contributed by atoms with Crippen molar-refractivity contribution < 1.29 is 48.3 Å². The number of sulfone groups is 2.